The van der Waals surface area contributed by atoms with Crippen molar-refractivity contribution in [1.82, 2.24) is 14.5 Å². The number of carbonyl (C=O) groups excluding carboxylic acids is 1. The summed E-state index contributed by atoms with van der Waals surface area (Å²) in [6.45, 7) is 9.21. The number of rotatable bonds is 5. The summed E-state index contributed by atoms with van der Waals surface area (Å²) in [5.74, 6) is -0.721. The summed E-state index contributed by atoms with van der Waals surface area (Å²) >= 11 is 0. The molecule has 3 rings (SSSR count). The molecule has 2 aromatic rings. The number of amides is 1. The highest BCUT2D eigenvalue weighted by atomic mass is 19.4. The minimum atomic E-state index is -4.55. The lowest BCUT2D eigenvalue weighted by molar-refractivity contribution is -0.147. The molecule has 1 fully saturated rings. The van der Waals surface area contributed by atoms with Crippen molar-refractivity contribution in [2.24, 2.45) is 5.92 Å². The average Bonchev–Trinajstić information content (AvgIpc) is 3.22. The van der Waals surface area contributed by atoms with E-state index in [1.807, 2.05) is 0 Å². The summed E-state index contributed by atoms with van der Waals surface area (Å²) in [5, 5.41) is 0. The molecule has 0 aliphatic carbocycles. The van der Waals surface area contributed by atoms with E-state index in [4.69, 9.17) is 4.74 Å². The van der Waals surface area contributed by atoms with Gasteiger partial charge in [0.1, 0.15) is 0 Å². The molecule has 1 aliphatic heterocycles. The first-order valence-electron chi connectivity index (χ1n) is 9.58. The Bertz CT molecular complexity index is 858. The largest absolute Gasteiger partial charge is 0.449 e. The van der Waals surface area contributed by atoms with Gasteiger partial charge in [-0.15, -0.1) is 0 Å². The molecule has 1 atom stereocenters. The summed E-state index contributed by atoms with van der Waals surface area (Å²) < 4.78 is 47.0. The lowest BCUT2D eigenvalue weighted by atomic mass is 10.1. The lowest BCUT2D eigenvalue weighted by Crippen LogP contribution is -2.30. The third kappa shape index (κ3) is 4.16. The fourth-order valence-electron chi connectivity index (χ4n) is 3.51. The van der Waals surface area contributed by atoms with Crippen LogP contribution in [0.2, 0.25) is 0 Å². The fourth-order valence-corrected chi connectivity index (χ4v) is 3.51. The SMILES string of the molecule is CC(C)COC1CCN(C(=O)c2ccc3c(c2)nc(C(F)(F)F)n3C(C)C)C1. The van der Waals surface area contributed by atoms with Gasteiger partial charge in [0.05, 0.1) is 17.1 Å². The van der Waals surface area contributed by atoms with Crippen molar-refractivity contribution in [2.75, 3.05) is 19.7 Å². The molecule has 0 spiro atoms. The number of halogens is 3. The van der Waals surface area contributed by atoms with Crippen LogP contribution in [0.4, 0.5) is 13.2 Å². The summed E-state index contributed by atoms with van der Waals surface area (Å²) in [6.07, 6.45) is -3.78. The second kappa shape index (κ2) is 7.73. The summed E-state index contributed by atoms with van der Waals surface area (Å²) in [7, 11) is 0. The monoisotopic (exact) mass is 397 g/mol. The minimum absolute atomic E-state index is 0.00654. The van der Waals surface area contributed by atoms with Crippen molar-refractivity contribution >= 4 is 16.9 Å². The number of hydrogen-bond donors (Lipinski definition) is 0. The Hall–Kier alpha value is -2.09. The van der Waals surface area contributed by atoms with Gasteiger partial charge < -0.3 is 14.2 Å². The molecule has 2 heterocycles. The van der Waals surface area contributed by atoms with Gasteiger partial charge in [-0.25, -0.2) is 4.98 Å². The average molecular weight is 397 g/mol. The second-order valence-corrected chi connectivity index (χ2v) is 7.99. The van der Waals surface area contributed by atoms with Gasteiger partial charge in [0.15, 0.2) is 0 Å². The molecule has 154 valence electrons. The Morgan fingerprint density at radius 2 is 2.00 bits per heavy atom. The van der Waals surface area contributed by atoms with Crippen LogP contribution in [0.15, 0.2) is 18.2 Å². The maximum atomic E-state index is 13.4. The van der Waals surface area contributed by atoms with E-state index < -0.39 is 18.0 Å². The summed E-state index contributed by atoms with van der Waals surface area (Å²) in [6, 6.07) is 4.18. The maximum absolute atomic E-state index is 13.4. The van der Waals surface area contributed by atoms with Crippen molar-refractivity contribution in [1.29, 1.82) is 0 Å². The first-order chi connectivity index (χ1) is 13.1. The van der Waals surface area contributed by atoms with E-state index in [-0.39, 0.29) is 17.5 Å². The van der Waals surface area contributed by atoms with Gasteiger partial charge >= 0.3 is 6.18 Å². The van der Waals surface area contributed by atoms with Gasteiger partial charge in [-0.1, -0.05) is 13.8 Å². The zero-order chi connectivity index (χ0) is 20.6. The number of likely N-dealkylation sites (tertiary alicyclic amines) is 1. The van der Waals surface area contributed by atoms with Crippen molar-refractivity contribution in [3.8, 4) is 0 Å². The number of imidazole rings is 1. The number of hydrogen-bond acceptors (Lipinski definition) is 3. The minimum Gasteiger partial charge on any atom is -0.376 e. The van der Waals surface area contributed by atoms with Crippen LogP contribution < -0.4 is 0 Å². The molecule has 1 aromatic carbocycles. The van der Waals surface area contributed by atoms with Gasteiger partial charge in [-0.3, -0.25) is 4.79 Å². The number of fused-ring (bicyclic) bond motifs is 1. The highest BCUT2D eigenvalue weighted by Gasteiger charge is 2.38. The van der Waals surface area contributed by atoms with Gasteiger partial charge in [-0.05, 0) is 44.4 Å². The molecular formula is C20H26F3N3O2. The highest BCUT2D eigenvalue weighted by molar-refractivity contribution is 5.97. The van der Waals surface area contributed by atoms with Crippen molar-refractivity contribution in [2.45, 2.75) is 52.4 Å². The molecule has 1 amide bonds. The number of alkyl halides is 3. The van der Waals surface area contributed by atoms with Crippen LogP contribution in [0.1, 0.15) is 56.3 Å². The molecule has 0 bridgehead atoms. The molecule has 1 saturated heterocycles. The molecule has 0 saturated carbocycles. The Labute approximate surface area is 162 Å². The summed E-state index contributed by atoms with van der Waals surface area (Å²) in [4.78, 5) is 18.3. The topological polar surface area (TPSA) is 47.4 Å². The van der Waals surface area contributed by atoms with E-state index in [0.717, 1.165) is 11.0 Å². The van der Waals surface area contributed by atoms with E-state index in [2.05, 4.69) is 18.8 Å². The molecule has 8 heteroatoms. The van der Waals surface area contributed by atoms with Crippen LogP contribution >= 0.6 is 0 Å². The third-order valence-corrected chi connectivity index (χ3v) is 4.80. The standard InChI is InChI=1S/C20H26F3N3O2/c1-12(2)11-28-15-7-8-25(10-15)18(27)14-5-6-17-16(9-14)24-19(20(21,22)23)26(17)13(3)4/h5-6,9,12-13,15H,7-8,10-11H2,1-4H3. The molecule has 0 radical (unpaired) electrons. The zero-order valence-corrected chi connectivity index (χ0v) is 16.6. The Kier molecular flexibility index (Phi) is 5.70. The first kappa shape index (κ1) is 20.6. The van der Waals surface area contributed by atoms with Crippen molar-refractivity contribution in [3.05, 3.63) is 29.6 Å². The Balaban J connectivity index is 1.84. The van der Waals surface area contributed by atoms with Crippen molar-refractivity contribution in [3.63, 3.8) is 0 Å². The van der Waals surface area contributed by atoms with Gasteiger partial charge in [-0.2, -0.15) is 13.2 Å². The third-order valence-electron chi connectivity index (χ3n) is 4.80. The van der Waals surface area contributed by atoms with Gasteiger partial charge in [0.25, 0.3) is 5.91 Å². The van der Waals surface area contributed by atoms with Gasteiger partial charge in [0.2, 0.25) is 5.82 Å². The molecular weight excluding hydrogens is 371 g/mol. The number of carbonyl (C=O) groups is 1. The zero-order valence-electron chi connectivity index (χ0n) is 16.6. The van der Waals surface area contributed by atoms with Crippen LogP contribution in [0.3, 0.4) is 0 Å². The first-order valence-corrected chi connectivity index (χ1v) is 9.58. The Morgan fingerprint density at radius 3 is 2.61 bits per heavy atom. The quantitative estimate of drug-likeness (QED) is 0.745. The van der Waals surface area contributed by atoms with Crippen LogP contribution in [0, 0.1) is 5.92 Å². The molecule has 1 aromatic heterocycles. The number of aromatic nitrogens is 2. The normalized spacial score (nSPS) is 18.0. The van der Waals surface area contributed by atoms with Crippen LogP contribution in [-0.2, 0) is 10.9 Å². The lowest BCUT2D eigenvalue weighted by Gasteiger charge is -2.18. The van der Waals surface area contributed by atoms with Crippen LogP contribution in [-0.4, -0.2) is 46.2 Å². The van der Waals surface area contributed by atoms with Crippen LogP contribution in [0.25, 0.3) is 11.0 Å². The molecule has 1 unspecified atom stereocenters. The van der Waals surface area contributed by atoms with E-state index in [1.165, 1.54) is 6.07 Å². The number of benzene rings is 1. The predicted octanol–water partition coefficient (Wildman–Crippen LogP) is 4.52. The number of ether oxygens (including phenoxy) is 1. The Morgan fingerprint density at radius 1 is 1.29 bits per heavy atom. The number of nitrogens with zero attached hydrogens (tertiary/aromatic N) is 3. The van der Waals surface area contributed by atoms with Crippen LogP contribution in [0.5, 0.6) is 0 Å². The smallest absolute Gasteiger partial charge is 0.376 e. The van der Waals surface area contributed by atoms with Gasteiger partial charge in [0, 0.05) is 31.3 Å². The summed E-state index contributed by atoms with van der Waals surface area (Å²) in [5.41, 5.74) is 0.899. The van der Waals surface area contributed by atoms with E-state index in [1.54, 1.807) is 30.9 Å². The maximum Gasteiger partial charge on any atom is 0.449 e. The van der Waals surface area contributed by atoms with E-state index >= 15 is 0 Å². The highest BCUT2D eigenvalue weighted by Crippen LogP contribution is 2.34. The molecule has 0 N–H and O–H groups in total. The molecule has 28 heavy (non-hydrogen) atoms. The molecule has 1 aliphatic rings. The second-order valence-electron chi connectivity index (χ2n) is 7.99. The molecule has 5 nitrogen and oxygen atoms in total. The van der Waals surface area contributed by atoms with Crippen molar-refractivity contribution < 1.29 is 22.7 Å². The van der Waals surface area contributed by atoms with E-state index in [0.29, 0.717) is 36.7 Å². The fraction of sp³-hybridized carbons (Fsp3) is 0.600. The predicted molar refractivity (Wildman–Crippen MR) is 100 cm³/mol. The van der Waals surface area contributed by atoms with E-state index in [9.17, 15) is 18.0 Å².